The van der Waals surface area contributed by atoms with Gasteiger partial charge in [-0.05, 0) is 13.3 Å². The zero-order valence-electron chi connectivity index (χ0n) is 11.8. The van der Waals surface area contributed by atoms with Crippen molar-refractivity contribution in [1.82, 2.24) is 10.3 Å². The molecule has 0 radical (unpaired) electrons. The monoisotopic (exact) mass is 279 g/mol. The smallest absolute Gasteiger partial charge is 0.225 e. The van der Waals surface area contributed by atoms with Gasteiger partial charge in [-0.15, -0.1) is 23.7 Å². The van der Waals surface area contributed by atoms with Gasteiger partial charge in [-0.1, -0.05) is 6.92 Å². The maximum Gasteiger partial charge on any atom is 0.225 e. The van der Waals surface area contributed by atoms with Crippen LogP contribution in [0.5, 0.6) is 0 Å². The topological polar surface area (TPSA) is 45.2 Å². The number of carbonyl (C=O) groups is 1. The third kappa shape index (κ3) is 4.66. The highest BCUT2D eigenvalue weighted by Gasteiger charge is 2.13. The number of hydrogen-bond acceptors (Lipinski definition) is 4. The molecule has 0 aliphatic heterocycles. The molecule has 1 unspecified atom stereocenters. The van der Waals surface area contributed by atoms with E-state index in [1.165, 1.54) is 11.3 Å². The van der Waals surface area contributed by atoms with Gasteiger partial charge in [-0.3, -0.25) is 9.69 Å². The molecule has 4 nitrogen and oxygen atoms in total. The third-order valence-corrected chi connectivity index (χ3v) is 3.81. The van der Waals surface area contributed by atoms with Crippen molar-refractivity contribution >= 4 is 22.4 Å². The quantitative estimate of drug-likeness (QED) is 0.780. The minimum atomic E-state index is 0.0233. The Balaban J connectivity index is 2.60. The summed E-state index contributed by atoms with van der Waals surface area (Å²) < 4.78 is 0. The summed E-state index contributed by atoms with van der Waals surface area (Å²) in [5.74, 6) is 2.69. The average Bonchev–Trinajstić information content (AvgIpc) is 2.83. The maximum atomic E-state index is 11.4. The second-order valence-corrected chi connectivity index (χ2v) is 5.12. The lowest BCUT2D eigenvalue weighted by Crippen LogP contribution is -2.29. The zero-order valence-corrected chi connectivity index (χ0v) is 12.6. The second kappa shape index (κ2) is 7.93. The Bertz CT molecular complexity index is 450. The van der Waals surface area contributed by atoms with E-state index in [0.717, 1.165) is 23.7 Å². The Morgan fingerprint density at radius 1 is 1.63 bits per heavy atom. The highest BCUT2D eigenvalue weighted by molar-refractivity contribution is 7.14. The first kappa shape index (κ1) is 15.7. The van der Waals surface area contributed by atoms with Crippen LogP contribution in [0.4, 0.5) is 5.13 Å². The van der Waals surface area contributed by atoms with E-state index in [2.05, 4.69) is 23.1 Å². The minimum Gasteiger partial charge on any atom is -0.307 e. The molecule has 0 fully saturated rings. The second-order valence-electron chi connectivity index (χ2n) is 4.28. The lowest BCUT2D eigenvalue weighted by molar-refractivity contribution is -0.116. The van der Waals surface area contributed by atoms with Crippen molar-refractivity contribution in [3.05, 3.63) is 11.1 Å². The number of aromatic nitrogens is 1. The number of rotatable bonds is 7. The number of hydrogen-bond donors (Lipinski definition) is 1. The van der Waals surface area contributed by atoms with Crippen molar-refractivity contribution in [3.8, 4) is 12.3 Å². The van der Waals surface area contributed by atoms with Gasteiger partial charge in [0.25, 0.3) is 0 Å². The molecule has 0 saturated carbocycles. The summed E-state index contributed by atoms with van der Waals surface area (Å²) in [4.78, 5) is 17.6. The maximum absolute atomic E-state index is 11.4. The van der Waals surface area contributed by atoms with Crippen LogP contribution in [-0.4, -0.2) is 23.5 Å². The van der Waals surface area contributed by atoms with E-state index in [1.54, 1.807) is 11.8 Å². The highest BCUT2D eigenvalue weighted by atomic mass is 32.1. The fourth-order valence-electron chi connectivity index (χ4n) is 1.75. The molecule has 1 N–H and O–H groups in total. The molecule has 0 bridgehead atoms. The van der Waals surface area contributed by atoms with Crippen molar-refractivity contribution in [2.75, 3.05) is 11.4 Å². The first-order valence-corrected chi connectivity index (χ1v) is 7.39. The van der Waals surface area contributed by atoms with Gasteiger partial charge in [-0.25, -0.2) is 4.98 Å². The Hall–Kier alpha value is -1.38. The Morgan fingerprint density at radius 3 is 2.89 bits per heavy atom. The number of thiazole rings is 1. The molecule has 1 amide bonds. The normalized spacial score (nSPS) is 11.9. The van der Waals surface area contributed by atoms with Crippen molar-refractivity contribution < 1.29 is 4.79 Å². The molecule has 0 aliphatic carbocycles. The molecule has 1 rings (SSSR count). The number of nitrogens with one attached hydrogen (secondary N) is 1. The van der Waals surface area contributed by atoms with E-state index in [0.29, 0.717) is 19.1 Å². The Labute approximate surface area is 119 Å². The molecule has 0 saturated heterocycles. The highest BCUT2D eigenvalue weighted by Crippen LogP contribution is 2.20. The van der Waals surface area contributed by atoms with Gasteiger partial charge in [-0.2, -0.15) is 0 Å². The van der Waals surface area contributed by atoms with Crippen molar-refractivity contribution in [2.24, 2.45) is 0 Å². The standard InChI is InChI=1S/C14H21N3OS/c1-5-8-12(6-2)15-9-13-10-19-14(16-13)17(7-3)11(4)18/h1,10,12,15H,6-9H2,2-4H3. The van der Waals surface area contributed by atoms with Crippen molar-refractivity contribution in [3.63, 3.8) is 0 Å². The zero-order chi connectivity index (χ0) is 14.3. The molecule has 1 heterocycles. The van der Waals surface area contributed by atoms with Gasteiger partial charge >= 0.3 is 0 Å². The summed E-state index contributed by atoms with van der Waals surface area (Å²) >= 11 is 1.50. The summed E-state index contributed by atoms with van der Waals surface area (Å²) in [5.41, 5.74) is 0.954. The van der Waals surface area contributed by atoms with Crippen LogP contribution in [0.3, 0.4) is 0 Å². The predicted molar refractivity (Wildman–Crippen MR) is 80.2 cm³/mol. The number of anilines is 1. The van der Waals surface area contributed by atoms with Gasteiger partial charge in [0.1, 0.15) is 0 Å². The largest absolute Gasteiger partial charge is 0.307 e. The van der Waals surface area contributed by atoms with E-state index in [-0.39, 0.29) is 5.91 Å². The van der Waals surface area contributed by atoms with Crippen LogP contribution in [0.1, 0.15) is 39.3 Å². The Morgan fingerprint density at radius 2 is 2.37 bits per heavy atom. The first-order chi connectivity index (χ1) is 9.12. The lowest BCUT2D eigenvalue weighted by atomic mass is 10.1. The number of nitrogens with zero attached hydrogens (tertiary/aromatic N) is 2. The summed E-state index contributed by atoms with van der Waals surface area (Å²) in [7, 11) is 0. The van der Waals surface area contributed by atoms with Crippen LogP contribution < -0.4 is 10.2 Å². The minimum absolute atomic E-state index is 0.0233. The van der Waals surface area contributed by atoms with Crippen molar-refractivity contribution in [2.45, 2.75) is 46.2 Å². The molecule has 0 aromatic carbocycles. The summed E-state index contributed by atoms with van der Waals surface area (Å²) in [6, 6.07) is 0.324. The molecular formula is C14H21N3OS. The molecule has 1 atom stereocenters. The number of carbonyl (C=O) groups excluding carboxylic acids is 1. The fourth-order valence-corrected chi connectivity index (χ4v) is 2.68. The van der Waals surface area contributed by atoms with E-state index >= 15 is 0 Å². The van der Waals surface area contributed by atoms with Gasteiger partial charge in [0.15, 0.2) is 5.13 Å². The first-order valence-electron chi connectivity index (χ1n) is 6.51. The van der Waals surface area contributed by atoms with Crippen LogP contribution >= 0.6 is 11.3 Å². The average molecular weight is 279 g/mol. The number of amides is 1. The summed E-state index contributed by atoms with van der Waals surface area (Å²) in [5, 5.41) is 6.13. The van der Waals surface area contributed by atoms with E-state index in [4.69, 9.17) is 6.42 Å². The van der Waals surface area contributed by atoms with Gasteiger partial charge in [0.2, 0.25) is 5.91 Å². The molecular weight excluding hydrogens is 258 g/mol. The van der Waals surface area contributed by atoms with E-state index in [1.807, 2.05) is 12.3 Å². The molecule has 19 heavy (non-hydrogen) atoms. The van der Waals surface area contributed by atoms with Crippen LogP contribution in [0.2, 0.25) is 0 Å². The Kier molecular flexibility index (Phi) is 6.54. The van der Waals surface area contributed by atoms with E-state index in [9.17, 15) is 4.79 Å². The van der Waals surface area contributed by atoms with Gasteiger partial charge in [0.05, 0.1) is 5.69 Å². The van der Waals surface area contributed by atoms with Gasteiger partial charge in [0, 0.05) is 37.9 Å². The number of terminal acetylenes is 1. The summed E-state index contributed by atoms with van der Waals surface area (Å²) in [6.45, 7) is 6.94. The lowest BCUT2D eigenvalue weighted by Gasteiger charge is -2.15. The van der Waals surface area contributed by atoms with Crippen LogP contribution in [0.15, 0.2) is 5.38 Å². The SMILES string of the molecule is C#CCC(CC)NCc1csc(N(CC)C(C)=O)n1. The molecule has 0 aliphatic rings. The predicted octanol–water partition coefficient (Wildman–Crippen LogP) is 2.41. The molecule has 0 spiro atoms. The van der Waals surface area contributed by atoms with E-state index < -0.39 is 0 Å². The molecule has 1 aromatic heterocycles. The van der Waals surface area contributed by atoms with Crippen LogP contribution in [0.25, 0.3) is 0 Å². The molecule has 1 aromatic rings. The molecule has 5 heteroatoms. The van der Waals surface area contributed by atoms with Crippen molar-refractivity contribution in [1.29, 1.82) is 0 Å². The molecule has 104 valence electrons. The van der Waals surface area contributed by atoms with Crippen LogP contribution in [0, 0.1) is 12.3 Å². The summed E-state index contributed by atoms with van der Waals surface area (Å²) in [6.07, 6.45) is 7.04. The van der Waals surface area contributed by atoms with Gasteiger partial charge < -0.3 is 5.32 Å². The van der Waals surface area contributed by atoms with Crippen LogP contribution in [-0.2, 0) is 11.3 Å². The fraction of sp³-hybridized carbons (Fsp3) is 0.571. The third-order valence-electron chi connectivity index (χ3n) is 2.90.